The molecule has 182 valence electrons. The number of benzene rings is 2. The first-order chi connectivity index (χ1) is 16.3. The Labute approximate surface area is 200 Å². The fourth-order valence-electron chi connectivity index (χ4n) is 4.63. The van der Waals surface area contributed by atoms with Gasteiger partial charge in [0.2, 0.25) is 15.9 Å². The highest BCUT2D eigenvalue weighted by Crippen LogP contribution is 2.37. The zero-order valence-electron chi connectivity index (χ0n) is 19.8. The van der Waals surface area contributed by atoms with Gasteiger partial charge in [0.25, 0.3) is 5.91 Å². The molecule has 9 heteroatoms. The number of fused-ring (bicyclic) bond motifs is 1. The predicted molar refractivity (Wildman–Crippen MR) is 130 cm³/mol. The quantitative estimate of drug-likeness (QED) is 0.675. The Bertz CT molecular complexity index is 1180. The number of piperidine rings is 1. The number of nitrogens with zero attached hydrogens (tertiary/aromatic N) is 2. The van der Waals surface area contributed by atoms with Crippen molar-refractivity contribution in [2.45, 2.75) is 51.0 Å². The fraction of sp³-hybridized carbons (Fsp3) is 0.440. The van der Waals surface area contributed by atoms with Crippen LogP contribution in [0, 0.1) is 12.8 Å². The molecule has 2 aliphatic rings. The molecule has 2 heterocycles. The summed E-state index contributed by atoms with van der Waals surface area (Å²) in [5.41, 5.74) is 1.80. The summed E-state index contributed by atoms with van der Waals surface area (Å²) in [6, 6.07) is 12.6. The number of ether oxygens (including phenoxy) is 1. The van der Waals surface area contributed by atoms with E-state index in [1.54, 1.807) is 17.9 Å². The molecule has 0 spiro atoms. The third kappa shape index (κ3) is 4.54. The maximum absolute atomic E-state index is 13.6. The van der Waals surface area contributed by atoms with E-state index in [0.717, 1.165) is 5.69 Å². The number of anilines is 2. The van der Waals surface area contributed by atoms with Crippen molar-refractivity contribution in [2.24, 2.45) is 5.92 Å². The molecular weight excluding hydrogens is 454 g/mol. The third-order valence-electron chi connectivity index (χ3n) is 6.47. The molecule has 4 rings (SSSR count). The molecule has 34 heavy (non-hydrogen) atoms. The van der Waals surface area contributed by atoms with Crippen LogP contribution >= 0.6 is 0 Å². The molecule has 0 unspecified atom stereocenters. The lowest BCUT2D eigenvalue weighted by Gasteiger charge is -2.34. The minimum Gasteiger partial charge on any atom is -0.478 e. The molecule has 2 aromatic carbocycles. The summed E-state index contributed by atoms with van der Waals surface area (Å²) >= 11 is 0. The summed E-state index contributed by atoms with van der Waals surface area (Å²) in [6.45, 7) is 6.46. The smallest absolute Gasteiger partial charge is 0.265 e. The van der Waals surface area contributed by atoms with Crippen LogP contribution in [0.15, 0.2) is 47.4 Å². The molecule has 8 nitrogen and oxygen atoms in total. The topological polar surface area (TPSA) is 96.0 Å². The van der Waals surface area contributed by atoms with Crippen LogP contribution in [0.4, 0.5) is 11.4 Å². The highest BCUT2D eigenvalue weighted by Gasteiger charge is 2.37. The number of amides is 2. The lowest BCUT2D eigenvalue weighted by Crippen LogP contribution is -2.47. The van der Waals surface area contributed by atoms with E-state index in [9.17, 15) is 18.0 Å². The second-order valence-electron chi connectivity index (χ2n) is 8.74. The van der Waals surface area contributed by atoms with Gasteiger partial charge in [0.15, 0.2) is 6.10 Å². The van der Waals surface area contributed by atoms with Crippen molar-refractivity contribution in [3.05, 3.63) is 48.0 Å². The van der Waals surface area contributed by atoms with Gasteiger partial charge in [0.05, 0.1) is 16.5 Å². The lowest BCUT2D eigenvalue weighted by molar-refractivity contribution is -0.124. The average Bonchev–Trinajstić information content (AvgIpc) is 2.84. The van der Waals surface area contributed by atoms with Crippen LogP contribution in [-0.4, -0.2) is 50.3 Å². The van der Waals surface area contributed by atoms with E-state index in [-0.39, 0.29) is 23.3 Å². The van der Waals surface area contributed by atoms with Crippen LogP contribution < -0.4 is 15.0 Å². The van der Waals surface area contributed by atoms with Crippen molar-refractivity contribution in [1.29, 1.82) is 0 Å². The van der Waals surface area contributed by atoms with Gasteiger partial charge in [-0.2, -0.15) is 4.31 Å². The minimum absolute atomic E-state index is 0.0624. The maximum atomic E-state index is 13.6. The highest BCUT2D eigenvalue weighted by molar-refractivity contribution is 7.89. The predicted octanol–water partition coefficient (Wildman–Crippen LogP) is 3.56. The Balaban J connectivity index is 1.58. The molecule has 0 aromatic heterocycles. The summed E-state index contributed by atoms with van der Waals surface area (Å²) in [6.07, 6.45) is 1.08. The second kappa shape index (κ2) is 9.76. The largest absolute Gasteiger partial charge is 0.478 e. The summed E-state index contributed by atoms with van der Waals surface area (Å²) in [5, 5.41) is 2.79. The molecule has 2 amide bonds. The van der Waals surface area contributed by atoms with Crippen LogP contribution in [0.5, 0.6) is 5.75 Å². The van der Waals surface area contributed by atoms with Crippen molar-refractivity contribution in [3.63, 3.8) is 0 Å². The fourth-order valence-corrected chi connectivity index (χ4v) is 6.37. The molecule has 2 atom stereocenters. The molecule has 0 aliphatic carbocycles. The third-order valence-corrected chi connectivity index (χ3v) is 8.48. The summed E-state index contributed by atoms with van der Waals surface area (Å²) in [5.74, 6) is -0.364. The number of carbonyl (C=O) groups is 2. The van der Waals surface area contributed by atoms with Crippen LogP contribution in [0.3, 0.4) is 0 Å². The first-order valence-electron chi connectivity index (χ1n) is 11.7. The van der Waals surface area contributed by atoms with Crippen molar-refractivity contribution in [1.82, 2.24) is 4.31 Å². The van der Waals surface area contributed by atoms with E-state index in [0.29, 0.717) is 49.4 Å². The van der Waals surface area contributed by atoms with Gasteiger partial charge in [-0.05, 0) is 56.9 Å². The van der Waals surface area contributed by atoms with Crippen LogP contribution in [-0.2, 0) is 19.6 Å². The van der Waals surface area contributed by atoms with Gasteiger partial charge in [-0.1, -0.05) is 25.1 Å². The van der Waals surface area contributed by atoms with Gasteiger partial charge >= 0.3 is 0 Å². The van der Waals surface area contributed by atoms with Crippen molar-refractivity contribution < 1.29 is 22.7 Å². The zero-order chi connectivity index (χ0) is 24.5. The highest BCUT2D eigenvalue weighted by atomic mass is 32.2. The van der Waals surface area contributed by atoms with Gasteiger partial charge in [0.1, 0.15) is 5.75 Å². The van der Waals surface area contributed by atoms with E-state index < -0.39 is 22.0 Å². The number of aryl methyl sites for hydroxylation is 1. The van der Waals surface area contributed by atoms with Crippen molar-refractivity contribution in [3.8, 4) is 5.75 Å². The normalized spacial score (nSPS) is 20.7. The van der Waals surface area contributed by atoms with E-state index in [1.165, 1.54) is 10.4 Å². The molecule has 2 aliphatic heterocycles. The van der Waals surface area contributed by atoms with E-state index in [1.807, 2.05) is 44.2 Å². The number of nitrogens with one attached hydrogen (secondary N) is 1. The van der Waals surface area contributed by atoms with Crippen molar-refractivity contribution in [2.75, 3.05) is 29.9 Å². The Morgan fingerprint density at radius 2 is 1.94 bits per heavy atom. The molecule has 0 bridgehead atoms. The number of rotatable bonds is 6. The lowest BCUT2D eigenvalue weighted by atomic mass is 9.97. The number of hydrogen-bond donors (Lipinski definition) is 1. The molecular formula is C25H31N3O5S. The molecule has 1 saturated heterocycles. The Morgan fingerprint density at radius 3 is 2.62 bits per heavy atom. The molecule has 0 radical (unpaired) electrons. The molecule has 2 aromatic rings. The number of sulfonamides is 1. The van der Waals surface area contributed by atoms with Crippen LogP contribution in [0.1, 0.15) is 38.7 Å². The Hall–Kier alpha value is -2.91. The van der Waals surface area contributed by atoms with E-state index in [2.05, 4.69) is 5.32 Å². The van der Waals surface area contributed by atoms with Gasteiger partial charge in [-0.25, -0.2) is 8.42 Å². The summed E-state index contributed by atoms with van der Waals surface area (Å²) in [7, 11) is -3.86. The standard InChI is InChI=1S/C25H31N3O5S/c1-4-21-24(29)26-20-14-17(3)23(15-22(20)33-21)34(31,32)27-13-9-10-18(16-27)25(30)28(5-2)19-11-7-6-8-12-19/h6-8,11-12,14-15,18,21H,4-5,9-10,13,16H2,1-3H3,(H,26,29)/t18-,21+/m0/s1. The van der Waals surface area contributed by atoms with E-state index >= 15 is 0 Å². The number of carbonyl (C=O) groups excluding carboxylic acids is 2. The molecule has 1 N–H and O–H groups in total. The average molecular weight is 486 g/mol. The van der Waals surface area contributed by atoms with Gasteiger partial charge in [0, 0.05) is 31.4 Å². The van der Waals surface area contributed by atoms with Crippen LogP contribution in [0.25, 0.3) is 0 Å². The zero-order valence-corrected chi connectivity index (χ0v) is 20.6. The van der Waals surface area contributed by atoms with Gasteiger partial charge in [-0.3, -0.25) is 9.59 Å². The van der Waals surface area contributed by atoms with E-state index in [4.69, 9.17) is 4.74 Å². The number of para-hydroxylation sites is 1. The minimum atomic E-state index is -3.86. The monoisotopic (exact) mass is 485 g/mol. The van der Waals surface area contributed by atoms with Crippen LogP contribution in [0.2, 0.25) is 0 Å². The first kappa shape index (κ1) is 24.2. The van der Waals surface area contributed by atoms with Gasteiger partial charge in [-0.15, -0.1) is 0 Å². The Morgan fingerprint density at radius 1 is 1.21 bits per heavy atom. The second-order valence-corrected chi connectivity index (χ2v) is 10.6. The summed E-state index contributed by atoms with van der Waals surface area (Å²) in [4.78, 5) is 27.3. The first-order valence-corrected chi connectivity index (χ1v) is 13.2. The summed E-state index contributed by atoms with van der Waals surface area (Å²) < 4.78 is 34.5. The van der Waals surface area contributed by atoms with Gasteiger partial charge < -0.3 is 15.0 Å². The Kier molecular flexibility index (Phi) is 6.95. The number of hydrogen-bond acceptors (Lipinski definition) is 5. The molecule has 0 saturated carbocycles. The SMILES string of the molecule is CC[C@H]1Oc2cc(S(=O)(=O)N3CCC[C@H](C(=O)N(CC)c4ccccc4)C3)c(C)cc2NC1=O. The van der Waals surface area contributed by atoms with Crippen molar-refractivity contribution >= 4 is 33.2 Å². The maximum Gasteiger partial charge on any atom is 0.265 e. The molecule has 1 fully saturated rings.